The molecule has 0 heterocycles. The summed E-state index contributed by atoms with van der Waals surface area (Å²) in [6.45, 7) is 4.42. The molecule has 0 aromatic heterocycles. The Morgan fingerprint density at radius 3 is 2.21 bits per heavy atom. The molecule has 98 valence electrons. The highest BCUT2D eigenvalue weighted by atomic mass is 16.1. The molecule has 0 aliphatic rings. The van der Waals surface area contributed by atoms with Gasteiger partial charge in [-0.3, -0.25) is 4.79 Å². The van der Waals surface area contributed by atoms with Crippen molar-refractivity contribution in [3.8, 4) is 0 Å². The van der Waals surface area contributed by atoms with E-state index in [0.717, 1.165) is 17.5 Å². The van der Waals surface area contributed by atoms with E-state index >= 15 is 0 Å². The summed E-state index contributed by atoms with van der Waals surface area (Å²) in [4.78, 5) is 12.1. The quantitative estimate of drug-likeness (QED) is 0.709. The van der Waals surface area contributed by atoms with Crippen LogP contribution < -0.4 is 0 Å². The first-order valence-corrected chi connectivity index (χ1v) is 6.87. The van der Waals surface area contributed by atoms with Crippen LogP contribution in [0.5, 0.6) is 0 Å². The minimum absolute atomic E-state index is 0.178. The van der Waals surface area contributed by atoms with Crippen molar-refractivity contribution in [2.45, 2.75) is 32.6 Å². The van der Waals surface area contributed by atoms with Crippen molar-refractivity contribution in [1.82, 2.24) is 0 Å². The van der Waals surface area contributed by atoms with Crippen molar-refractivity contribution in [2.75, 3.05) is 0 Å². The Kier molecular flexibility index (Phi) is 4.51. The van der Waals surface area contributed by atoms with E-state index in [9.17, 15) is 4.79 Å². The van der Waals surface area contributed by atoms with E-state index in [1.54, 1.807) is 0 Å². The summed E-state index contributed by atoms with van der Waals surface area (Å²) in [7, 11) is 0. The molecular weight excluding hydrogens is 232 g/mol. The highest BCUT2D eigenvalue weighted by molar-refractivity contribution is 5.97. The summed E-state index contributed by atoms with van der Waals surface area (Å²) in [6.07, 6.45) is 1.62. The minimum atomic E-state index is 0.178. The molecule has 1 unspecified atom stereocenters. The van der Waals surface area contributed by atoms with Crippen molar-refractivity contribution in [3.63, 3.8) is 0 Å². The van der Waals surface area contributed by atoms with Crippen LogP contribution in [0.3, 0.4) is 0 Å². The van der Waals surface area contributed by atoms with E-state index in [-0.39, 0.29) is 5.78 Å². The largest absolute Gasteiger partial charge is 0.294 e. The van der Waals surface area contributed by atoms with Gasteiger partial charge >= 0.3 is 0 Å². The van der Waals surface area contributed by atoms with Crippen LogP contribution in [0.1, 0.15) is 47.7 Å². The number of rotatable bonds is 5. The molecule has 0 aliphatic heterocycles. The average Bonchev–Trinajstić information content (AvgIpc) is 2.48. The van der Waals surface area contributed by atoms with Crippen molar-refractivity contribution in [1.29, 1.82) is 0 Å². The Labute approximate surface area is 115 Å². The Balaban J connectivity index is 2.06. The monoisotopic (exact) mass is 252 g/mol. The molecule has 0 saturated carbocycles. The van der Waals surface area contributed by atoms with Crippen molar-refractivity contribution in [2.24, 2.45) is 0 Å². The summed E-state index contributed by atoms with van der Waals surface area (Å²) < 4.78 is 0. The molecule has 2 aromatic carbocycles. The lowest BCUT2D eigenvalue weighted by atomic mass is 9.96. The molecule has 0 spiro atoms. The molecule has 0 saturated heterocycles. The van der Waals surface area contributed by atoms with E-state index in [1.807, 2.05) is 30.3 Å². The maximum absolute atomic E-state index is 12.1. The maximum atomic E-state index is 12.1. The molecule has 1 atom stereocenters. The number of hydrogen-bond acceptors (Lipinski definition) is 1. The lowest BCUT2D eigenvalue weighted by Gasteiger charge is -2.09. The van der Waals surface area contributed by atoms with Gasteiger partial charge in [-0.2, -0.15) is 0 Å². The normalized spacial score (nSPS) is 12.1. The zero-order valence-electron chi connectivity index (χ0n) is 11.6. The average molecular weight is 252 g/mol. The minimum Gasteiger partial charge on any atom is -0.294 e. The number of carbonyl (C=O) groups excluding carboxylic acids is 1. The SMILES string of the molecule is CCC(C)c1ccc(CC(=O)c2ccccc2)cc1. The van der Waals surface area contributed by atoms with Crippen LogP contribution in [-0.4, -0.2) is 5.78 Å². The van der Waals surface area contributed by atoms with Gasteiger partial charge in [0.2, 0.25) is 0 Å². The van der Waals surface area contributed by atoms with E-state index in [1.165, 1.54) is 5.56 Å². The highest BCUT2D eigenvalue weighted by Gasteiger charge is 2.07. The summed E-state index contributed by atoms with van der Waals surface area (Å²) >= 11 is 0. The van der Waals surface area contributed by atoms with E-state index < -0.39 is 0 Å². The second-order valence-corrected chi connectivity index (χ2v) is 5.02. The molecule has 0 bridgehead atoms. The Morgan fingerprint density at radius 1 is 1.00 bits per heavy atom. The molecule has 2 rings (SSSR count). The fourth-order valence-corrected chi connectivity index (χ4v) is 2.11. The molecule has 1 nitrogen and oxygen atoms in total. The van der Waals surface area contributed by atoms with E-state index in [4.69, 9.17) is 0 Å². The fraction of sp³-hybridized carbons (Fsp3) is 0.278. The first kappa shape index (κ1) is 13.5. The topological polar surface area (TPSA) is 17.1 Å². The van der Waals surface area contributed by atoms with Gasteiger partial charge in [-0.25, -0.2) is 0 Å². The molecule has 2 aromatic rings. The van der Waals surface area contributed by atoms with Crippen molar-refractivity contribution >= 4 is 5.78 Å². The lowest BCUT2D eigenvalue weighted by Crippen LogP contribution is -2.03. The molecule has 0 aliphatic carbocycles. The van der Waals surface area contributed by atoms with E-state index in [2.05, 4.69) is 38.1 Å². The van der Waals surface area contributed by atoms with Gasteiger partial charge in [0.25, 0.3) is 0 Å². The van der Waals surface area contributed by atoms with Gasteiger partial charge in [0, 0.05) is 12.0 Å². The van der Waals surface area contributed by atoms with Gasteiger partial charge in [-0.05, 0) is 23.5 Å². The van der Waals surface area contributed by atoms with Crippen LogP contribution in [0.15, 0.2) is 54.6 Å². The Bertz CT molecular complexity index is 525. The van der Waals surface area contributed by atoms with Crippen LogP contribution in [0, 0.1) is 0 Å². The molecule has 0 N–H and O–H groups in total. The van der Waals surface area contributed by atoms with Gasteiger partial charge in [0.05, 0.1) is 0 Å². The second kappa shape index (κ2) is 6.33. The van der Waals surface area contributed by atoms with Gasteiger partial charge in [-0.15, -0.1) is 0 Å². The lowest BCUT2D eigenvalue weighted by molar-refractivity contribution is 0.0993. The van der Waals surface area contributed by atoms with Crippen LogP contribution in [0.4, 0.5) is 0 Å². The van der Waals surface area contributed by atoms with Gasteiger partial charge in [0.15, 0.2) is 5.78 Å². The van der Waals surface area contributed by atoms with E-state index in [0.29, 0.717) is 12.3 Å². The highest BCUT2D eigenvalue weighted by Crippen LogP contribution is 2.19. The first-order valence-electron chi connectivity index (χ1n) is 6.87. The maximum Gasteiger partial charge on any atom is 0.167 e. The second-order valence-electron chi connectivity index (χ2n) is 5.02. The summed E-state index contributed by atoms with van der Waals surface area (Å²) in [6, 6.07) is 17.9. The number of benzene rings is 2. The first-order chi connectivity index (χ1) is 9.20. The molecule has 1 heteroatoms. The standard InChI is InChI=1S/C18H20O/c1-3-14(2)16-11-9-15(10-12-16)13-18(19)17-7-5-4-6-8-17/h4-12,14H,3,13H2,1-2H3. The number of Topliss-reactive ketones (excluding diaryl/α,β-unsaturated/α-hetero) is 1. The van der Waals surface area contributed by atoms with Gasteiger partial charge in [-0.1, -0.05) is 68.4 Å². The zero-order valence-corrected chi connectivity index (χ0v) is 11.6. The fourth-order valence-electron chi connectivity index (χ4n) is 2.11. The van der Waals surface area contributed by atoms with Gasteiger partial charge in [0.1, 0.15) is 0 Å². The van der Waals surface area contributed by atoms with Crippen molar-refractivity contribution < 1.29 is 4.79 Å². The number of carbonyl (C=O) groups is 1. The molecule has 0 radical (unpaired) electrons. The van der Waals surface area contributed by atoms with Crippen LogP contribution in [0.25, 0.3) is 0 Å². The number of ketones is 1. The van der Waals surface area contributed by atoms with Crippen molar-refractivity contribution in [3.05, 3.63) is 71.3 Å². The Morgan fingerprint density at radius 2 is 1.63 bits per heavy atom. The van der Waals surface area contributed by atoms with Crippen LogP contribution in [0.2, 0.25) is 0 Å². The third kappa shape index (κ3) is 3.54. The summed E-state index contributed by atoms with van der Waals surface area (Å²) in [5.74, 6) is 0.760. The predicted octanol–water partition coefficient (Wildman–Crippen LogP) is 4.63. The Hall–Kier alpha value is -1.89. The third-order valence-electron chi connectivity index (χ3n) is 3.62. The van der Waals surface area contributed by atoms with Crippen LogP contribution in [-0.2, 0) is 6.42 Å². The molecule has 0 amide bonds. The zero-order chi connectivity index (χ0) is 13.7. The summed E-state index contributed by atoms with van der Waals surface area (Å²) in [5, 5.41) is 0. The number of hydrogen-bond donors (Lipinski definition) is 0. The molecule has 19 heavy (non-hydrogen) atoms. The van der Waals surface area contributed by atoms with Gasteiger partial charge < -0.3 is 0 Å². The predicted molar refractivity (Wildman–Crippen MR) is 79.6 cm³/mol. The molecular formula is C18H20O. The summed E-state index contributed by atoms with van der Waals surface area (Å²) in [5.41, 5.74) is 3.22. The molecule has 0 fully saturated rings. The van der Waals surface area contributed by atoms with Crippen LogP contribution >= 0.6 is 0 Å². The smallest absolute Gasteiger partial charge is 0.167 e. The third-order valence-corrected chi connectivity index (χ3v) is 3.62.